The molecule has 7 nitrogen and oxygen atoms in total. The number of hydrogen-bond acceptors (Lipinski definition) is 6. The first-order chi connectivity index (χ1) is 15.4. The molecule has 0 spiro atoms. The number of para-hydroxylation sites is 1. The molecule has 0 saturated carbocycles. The number of pyridine rings is 1. The van der Waals surface area contributed by atoms with Crippen molar-refractivity contribution in [1.29, 1.82) is 0 Å². The van der Waals surface area contributed by atoms with Crippen LogP contribution in [-0.2, 0) is 14.8 Å². The fraction of sp³-hybridized carbons (Fsp3) is 0.391. The number of thioether (sulfide) groups is 1. The molecule has 1 fully saturated rings. The summed E-state index contributed by atoms with van der Waals surface area (Å²) in [6.07, 6.45) is 5.30. The molecule has 0 bridgehead atoms. The van der Waals surface area contributed by atoms with Crippen LogP contribution in [0.3, 0.4) is 0 Å². The average molecular weight is 474 g/mol. The molecule has 3 heterocycles. The van der Waals surface area contributed by atoms with Gasteiger partial charge in [-0.3, -0.25) is 4.79 Å². The topological polar surface area (TPSA) is 92.5 Å². The number of nitrogens with one attached hydrogen (secondary N) is 1. The third-order valence-electron chi connectivity index (χ3n) is 5.51. The van der Waals surface area contributed by atoms with Crippen molar-refractivity contribution in [2.45, 2.75) is 48.6 Å². The van der Waals surface area contributed by atoms with E-state index in [9.17, 15) is 13.2 Å². The summed E-state index contributed by atoms with van der Waals surface area (Å²) in [6, 6.07) is 12.6. The van der Waals surface area contributed by atoms with Crippen LogP contribution in [0.25, 0.3) is 11.0 Å². The summed E-state index contributed by atoms with van der Waals surface area (Å²) in [5, 5.41) is 4.53. The highest BCUT2D eigenvalue weighted by atomic mass is 32.2. The Kier molecular flexibility index (Phi) is 7.17. The zero-order valence-electron chi connectivity index (χ0n) is 18.0. The van der Waals surface area contributed by atoms with Gasteiger partial charge in [0.15, 0.2) is 0 Å². The van der Waals surface area contributed by atoms with Crippen molar-refractivity contribution >= 4 is 38.7 Å². The number of sulfonamides is 1. The zero-order valence-corrected chi connectivity index (χ0v) is 19.6. The lowest BCUT2D eigenvalue weighted by Crippen LogP contribution is -2.32. The minimum atomic E-state index is -3.52. The van der Waals surface area contributed by atoms with Gasteiger partial charge in [0.25, 0.3) is 0 Å². The first-order valence-electron chi connectivity index (χ1n) is 10.8. The quantitative estimate of drug-likeness (QED) is 0.513. The first kappa shape index (κ1) is 22.8. The molecule has 1 aliphatic rings. The fourth-order valence-electron chi connectivity index (χ4n) is 3.75. The molecule has 1 saturated heterocycles. The van der Waals surface area contributed by atoms with Crippen molar-refractivity contribution in [3.63, 3.8) is 0 Å². The van der Waals surface area contributed by atoms with E-state index in [1.807, 2.05) is 37.3 Å². The summed E-state index contributed by atoms with van der Waals surface area (Å²) in [4.78, 5) is 16.8. The van der Waals surface area contributed by atoms with Gasteiger partial charge in [-0.25, -0.2) is 13.4 Å². The maximum absolute atomic E-state index is 12.8. The Morgan fingerprint density at radius 2 is 1.91 bits per heavy atom. The smallest absolute Gasteiger partial charge is 0.244 e. The number of hydrogen-bond donors (Lipinski definition) is 1. The van der Waals surface area contributed by atoms with Gasteiger partial charge in [-0.05, 0) is 44.0 Å². The van der Waals surface area contributed by atoms with E-state index in [0.29, 0.717) is 23.9 Å². The minimum absolute atomic E-state index is 0.147. The summed E-state index contributed by atoms with van der Waals surface area (Å²) in [6.45, 7) is 2.99. The van der Waals surface area contributed by atoms with E-state index < -0.39 is 10.0 Å². The number of rotatable bonds is 7. The highest BCUT2D eigenvalue weighted by Crippen LogP contribution is 2.25. The van der Waals surface area contributed by atoms with Gasteiger partial charge in [0.2, 0.25) is 15.9 Å². The number of carbonyl (C=O) groups is 1. The molecule has 1 aromatic carbocycles. The standard InChI is InChI=1S/C23H27N3O4S2/c1-17(21-14-18-8-4-5-9-20(18)30-21)25-22(27)16-31-23-11-10-19(15-24-23)32(28,29)26-12-6-2-3-7-13-26/h4-5,8-11,14-15,17H,2-3,6-7,12-13,16H2,1H3,(H,25,27)/t17-/m1/s1. The number of benzene rings is 1. The van der Waals surface area contributed by atoms with Gasteiger partial charge in [-0.15, -0.1) is 0 Å². The fourth-order valence-corrected chi connectivity index (χ4v) is 5.86. The van der Waals surface area contributed by atoms with Crippen LogP contribution in [0.2, 0.25) is 0 Å². The predicted molar refractivity (Wildman–Crippen MR) is 125 cm³/mol. The third kappa shape index (κ3) is 5.33. The van der Waals surface area contributed by atoms with E-state index in [2.05, 4.69) is 10.3 Å². The van der Waals surface area contributed by atoms with Gasteiger partial charge in [0.05, 0.1) is 16.8 Å². The lowest BCUT2D eigenvalue weighted by molar-refractivity contribution is -0.119. The minimum Gasteiger partial charge on any atom is -0.459 e. The highest BCUT2D eigenvalue weighted by molar-refractivity contribution is 7.99. The van der Waals surface area contributed by atoms with Gasteiger partial charge in [0.1, 0.15) is 16.2 Å². The number of furan rings is 1. The van der Waals surface area contributed by atoms with E-state index in [-0.39, 0.29) is 22.6 Å². The van der Waals surface area contributed by atoms with E-state index in [0.717, 1.165) is 36.7 Å². The molecule has 32 heavy (non-hydrogen) atoms. The molecule has 0 radical (unpaired) electrons. The van der Waals surface area contributed by atoms with Crippen LogP contribution in [0.4, 0.5) is 0 Å². The van der Waals surface area contributed by atoms with Gasteiger partial charge in [0, 0.05) is 24.7 Å². The predicted octanol–water partition coefficient (Wildman–Crippen LogP) is 4.36. The lowest BCUT2D eigenvalue weighted by atomic mass is 10.2. The summed E-state index contributed by atoms with van der Waals surface area (Å²) >= 11 is 1.27. The SMILES string of the molecule is C[C@@H](NC(=O)CSc1ccc(S(=O)(=O)N2CCCCCC2)cn1)c1cc2ccccc2o1. The number of carbonyl (C=O) groups excluding carboxylic acids is 1. The number of nitrogens with zero attached hydrogens (tertiary/aromatic N) is 2. The second kappa shape index (κ2) is 10.1. The molecular weight excluding hydrogens is 446 g/mol. The molecule has 2 aromatic heterocycles. The Labute approximate surface area is 192 Å². The van der Waals surface area contributed by atoms with Crippen molar-refractivity contribution in [2.24, 2.45) is 0 Å². The van der Waals surface area contributed by atoms with Crippen molar-refractivity contribution in [3.8, 4) is 0 Å². The second-order valence-electron chi connectivity index (χ2n) is 7.91. The molecule has 4 rings (SSSR count). The normalized spacial score (nSPS) is 16.5. The Bertz CT molecular complexity index is 1130. The summed E-state index contributed by atoms with van der Waals surface area (Å²) < 4.78 is 33.0. The Hall–Kier alpha value is -2.36. The zero-order chi connectivity index (χ0) is 22.6. The largest absolute Gasteiger partial charge is 0.459 e. The Morgan fingerprint density at radius 3 is 2.59 bits per heavy atom. The van der Waals surface area contributed by atoms with E-state index in [4.69, 9.17) is 4.42 Å². The first-order valence-corrected chi connectivity index (χ1v) is 13.2. The van der Waals surface area contributed by atoms with Crippen LogP contribution >= 0.6 is 11.8 Å². The summed E-state index contributed by atoms with van der Waals surface area (Å²) in [5.41, 5.74) is 0.789. The molecule has 170 valence electrons. The lowest BCUT2D eigenvalue weighted by Gasteiger charge is -2.19. The molecule has 1 aliphatic heterocycles. The monoisotopic (exact) mass is 473 g/mol. The van der Waals surface area contributed by atoms with Crippen LogP contribution in [0.1, 0.15) is 44.4 Å². The molecular formula is C23H27N3O4S2. The van der Waals surface area contributed by atoms with E-state index in [1.165, 1.54) is 18.0 Å². The van der Waals surface area contributed by atoms with E-state index in [1.54, 1.807) is 16.4 Å². The average Bonchev–Trinajstić information content (AvgIpc) is 3.03. The molecule has 1 N–H and O–H groups in total. The number of fused-ring (bicyclic) bond motifs is 1. The molecule has 0 aliphatic carbocycles. The van der Waals surface area contributed by atoms with Crippen molar-refractivity contribution < 1.29 is 17.6 Å². The molecule has 9 heteroatoms. The summed E-state index contributed by atoms with van der Waals surface area (Å²) in [7, 11) is -3.52. The molecule has 1 atom stereocenters. The second-order valence-corrected chi connectivity index (χ2v) is 10.8. The number of amides is 1. The van der Waals surface area contributed by atoms with Crippen LogP contribution in [0.15, 0.2) is 63.0 Å². The van der Waals surface area contributed by atoms with Crippen molar-refractivity contribution in [1.82, 2.24) is 14.6 Å². The van der Waals surface area contributed by atoms with E-state index >= 15 is 0 Å². The van der Waals surface area contributed by atoms with Crippen LogP contribution < -0.4 is 5.32 Å². The maximum Gasteiger partial charge on any atom is 0.244 e. The molecule has 0 unspecified atom stereocenters. The van der Waals surface area contributed by atoms with Gasteiger partial charge in [-0.1, -0.05) is 42.8 Å². The van der Waals surface area contributed by atoms with Gasteiger partial charge < -0.3 is 9.73 Å². The van der Waals surface area contributed by atoms with Crippen LogP contribution in [0, 0.1) is 0 Å². The van der Waals surface area contributed by atoms with Crippen LogP contribution in [-0.4, -0.2) is 42.5 Å². The maximum atomic E-state index is 12.8. The van der Waals surface area contributed by atoms with Gasteiger partial charge >= 0.3 is 0 Å². The Morgan fingerprint density at radius 1 is 1.16 bits per heavy atom. The van der Waals surface area contributed by atoms with Gasteiger partial charge in [-0.2, -0.15) is 4.31 Å². The molecule has 3 aromatic rings. The third-order valence-corrected chi connectivity index (χ3v) is 8.34. The Balaban J connectivity index is 1.32. The molecule has 1 amide bonds. The van der Waals surface area contributed by atoms with Crippen molar-refractivity contribution in [2.75, 3.05) is 18.8 Å². The van der Waals surface area contributed by atoms with Crippen LogP contribution in [0.5, 0.6) is 0 Å². The highest BCUT2D eigenvalue weighted by Gasteiger charge is 2.25. The number of aromatic nitrogens is 1. The summed E-state index contributed by atoms with van der Waals surface area (Å²) in [5.74, 6) is 0.729. The van der Waals surface area contributed by atoms with Crippen molar-refractivity contribution in [3.05, 3.63) is 54.4 Å².